The maximum atomic E-state index is 10.6. The summed E-state index contributed by atoms with van der Waals surface area (Å²) in [6, 6.07) is 10.5. The van der Waals surface area contributed by atoms with Crippen LogP contribution in [0, 0.1) is 0 Å². The maximum absolute atomic E-state index is 10.6. The van der Waals surface area contributed by atoms with E-state index in [0.717, 1.165) is 32.1 Å². The first-order valence-corrected chi connectivity index (χ1v) is 8.04. The Morgan fingerprint density at radius 3 is 2.35 bits per heavy atom. The Bertz CT molecular complexity index is 366. The predicted octanol–water partition coefficient (Wildman–Crippen LogP) is 4.11. The second kappa shape index (κ2) is 7.80. The summed E-state index contributed by atoms with van der Waals surface area (Å²) in [5.74, 6) is 0. The van der Waals surface area contributed by atoms with Gasteiger partial charge in [-0.25, -0.2) is 0 Å². The lowest BCUT2D eigenvalue weighted by Gasteiger charge is -2.36. The highest BCUT2D eigenvalue weighted by atomic mass is 16.5. The van der Waals surface area contributed by atoms with E-state index in [0.29, 0.717) is 0 Å². The number of aryl methyl sites for hydroxylation is 1. The minimum Gasteiger partial charge on any atom is -0.390 e. The Morgan fingerprint density at radius 1 is 1.10 bits per heavy atom. The van der Waals surface area contributed by atoms with Crippen LogP contribution in [0.2, 0.25) is 0 Å². The second-order valence-electron chi connectivity index (χ2n) is 6.08. The van der Waals surface area contributed by atoms with Gasteiger partial charge in [0.15, 0.2) is 0 Å². The number of benzene rings is 1. The minimum atomic E-state index is -0.325. The van der Waals surface area contributed by atoms with Crippen molar-refractivity contribution in [3.8, 4) is 0 Å². The average molecular weight is 276 g/mol. The standard InChI is InChI=1S/C18H28O2/c1-20-18(14-7-2-3-8-15-18)17(19)13-9-12-16-10-5-4-6-11-16/h4-6,10-11,17,19H,2-3,7-9,12-15H2,1H3. The van der Waals surface area contributed by atoms with Crippen molar-refractivity contribution >= 4 is 0 Å². The molecule has 1 unspecified atom stereocenters. The van der Waals surface area contributed by atoms with E-state index in [9.17, 15) is 5.11 Å². The van der Waals surface area contributed by atoms with E-state index < -0.39 is 0 Å². The van der Waals surface area contributed by atoms with E-state index in [1.807, 2.05) is 6.07 Å². The summed E-state index contributed by atoms with van der Waals surface area (Å²) in [4.78, 5) is 0. The zero-order valence-corrected chi connectivity index (χ0v) is 12.7. The molecule has 112 valence electrons. The summed E-state index contributed by atoms with van der Waals surface area (Å²) in [6.45, 7) is 0. The van der Waals surface area contributed by atoms with Gasteiger partial charge in [-0.05, 0) is 37.7 Å². The molecule has 2 rings (SSSR count). The van der Waals surface area contributed by atoms with Crippen LogP contribution < -0.4 is 0 Å². The van der Waals surface area contributed by atoms with Gasteiger partial charge >= 0.3 is 0 Å². The number of hydrogen-bond donors (Lipinski definition) is 1. The highest BCUT2D eigenvalue weighted by Gasteiger charge is 2.37. The minimum absolute atomic E-state index is 0.285. The van der Waals surface area contributed by atoms with Gasteiger partial charge in [0.2, 0.25) is 0 Å². The van der Waals surface area contributed by atoms with Crippen molar-refractivity contribution in [2.45, 2.75) is 69.5 Å². The Hall–Kier alpha value is -0.860. The number of aliphatic hydroxyl groups is 1. The monoisotopic (exact) mass is 276 g/mol. The first kappa shape index (κ1) is 15.5. The molecular weight excluding hydrogens is 248 g/mol. The number of aliphatic hydroxyl groups excluding tert-OH is 1. The number of ether oxygens (including phenoxy) is 1. The van der Waals surface area contributed by atoms with Crippen molar-refractivity contribution in [2.75, 3.05) is 7.11 Å². The van der Waals surface area contributed by atoms with E-state index in [-0.39, 0.29) is 11.7 Å². The van der Waals surface area contributed by atoms with Crippen LogP contribution in [-0.2, 0) is 11.2 Å². The maximum Gasteiger partial charge on any atom is 0.0936 e. The molecule has 2 heteroatoms. The summed E-state index contributed by atoms with van der Waals surface area (Å²) in [6.07, 6.45) is 9.52. The molecule has 0 aliphatic heterocycles. The molecule has 1 aromatic carbocycles. The number of hydrogen-bond acceptors (Lipinski definition) is 2. The second-order valence-corrected chi connectivity index (χ2v) is 6.08. The lowest BCUT2D eigenvalue weighted by Crippen LogP contribution is -2.43. The van der Waals surface area contributed by atoms with Crippen LogP contribution in [-0.4, -0.2) is 23.9 Å². The van der Waals surface area contributed by atoms with Gasteiger partial charge in [-0.15, -0.1) is 0 Å². The highest BCUT2D eigenvalue weighted by molar-refractivity contribution is 5.14. The lowest BCUT2D eigenvalue weighted by molar-refractivity contribution is -0.114. The van der Waals surface area contributed by atoms with Crippen molar-refractivity contribution in [2.24, 2.45) is 0 Å². The average Bonchev–Trinajstić information content (AvgIpc) is 2.74. The SMILES string of the molecule is COC1(C(O)CCCc2ccccc2)CCCCCC1. The van der Waals surface area contributed by atoms with Gasteiger partial charge in [-0.1, -0.05) is 56.0 Å². The van der Waals surface area contributed by atoms with Gasteiger partial charge in [-0.2, -0.15) is 0 Å². The van der Waals surface area contributed by atoms with Crippen LogP contribution in [0.5, 0.6) is 0 Å². The van der Waals surface area contributed by atoms with Crippen molar-refractivity contribution in [1.82, 2.24) is 0 Å². The fourth-order valence-electron chi connectivity index (χ4n) is 3.41. The normalized spacial score (nSPS) is 20.3. The number of rotatable bonds is 6. The summed E-state index contributed by atoms with van der Waals surface area (Å²) >= 11 is 0. The third kappa shape index (κ3) is 4.07. The number of methoxy groups -OCH3 is 1. The van der Waals surface area contributed by atoms with E-state index >= 15 is 0 Å². The topological polar surface area (TPSA) is 29.5 Å². The van der Waals surface area contributed by atoms with Crippen LogP contribution in [0.15, 0.2) is 30.3 Å². The zero-order valence-electron chi connectivity index (χ0n) is 12.7. The molecule has 0 radical (unpaired) electrons. The van der Waals surface area contributed by atoms with E-state index in [1.54, 1.807) is 7.11 Å². The van der Waals surface area contributed by atoms with E-state index in [2.05, 4.69) is 24.3 Å². The highest BCUT2D eigenvalue weighted by Crippen LogP contribution is 2.34. The molecule has 1 atom stereocenters. The van der Waals surface area contributed by atoms with E-state index in [4.69, 9.17) is 4.74 Å². The molecule has 0 bridgehead atoms. The first-order chi connectivity index (χ1) is 9.77. The van der Waals surface area contributed by atoms with Crippen molar-refractivity contribution in [1.29, 1.82) is 0 Å². The fraction of sp³-hybridized carbons (Fsp3) is 0.667. The fourth-order valence-corrected chi connectivity index (χ4v) is 3.41. The third-order valence-corrected chi connectivity index (χ3v) is 4.75. The summed E-state index contributed by atoms with van der Waals surface area (Å²) < 4.78 is 5.77. The Morgan fingerprint density at radius 2 is 1.75 bits per heavy atom. The molecule has 0 amide bonds. The molecule has 1 aliphatic rings. The smallest absolute Gasteiger partial charge is 0.0936 e. The van der Waals surface area contributed by atoms with Gasteiger partial charge in [0, 0.05) is 7.11 Å². The van der Waals surface area contributed by atoms with Gasteiger partial charge in [0.05, 0.1) is 11.7 Å². The molecule has 1 fully saturated rings. The van der Waals surface area contributed by atoms with Crippen molar-refractivity contribution in [3.63, 3.8) is 0 Å². The van der Waals surface area contributed by atoms with Crippen molar-refractivity contribution in [3.05, 3.63) is 35.9 Å². The quantitative estimate of drug-likeness (QED) is 0.792. The Kier molecular flexibility index (Phi) is 6.06. The molecular formula is C18H28O2. The molecule has 0 heterocycles. The Labute approximate surface area is 123 Å². The molecule has 2 nitrogen and oxygen atoms in total. The summed E-state index contributed by atoms with van der Waals surface area (Å²) in [5, 5.41) is 10.6. The predicted molar refractivity (Wildman–Crippen MR) is 82.8 cm³/mol. The van der Waals surface area contributed by atoms with Crippen LogP contribution in [0.1, 0.15) is 56.9 Å². The molecule has 1 aromatic rings. The van der Waals surface area contributed by atoms with Crippen LogP contribution in [0.4, 0.5) is 0 Å². The largest absolute Gasteiger partial charge is 0.390 e. The Balaban J connectivity index is 1.84. The van der Waals surface area contributed by atoms with Crippen LogP contribution in [0.25, 0.3) is 0 Å². The van der Waals surface area contributed by atoms with Crippen LogP contribution >= 0.6 is 0 Å². The third-order valence-electron chi connectivity index (χ3n) is 4.75. The van der Waals surface area contributed by atoms with Gasteiger partial charge in [0.1, 0.15) is 0 Å². The lowest BCUT2D eigenvalue weighted by atomic mass is 9.85. The van der Waals surface area contributed by atoms with Crippen molar-refractivity contribution < 1.29 is 9.84 Å². The van der Waals surface area contributed by atoms with Gasteiger partial charge in [-0.3, -0.25) is 0 Å². The zero-order chi connectivity index (χ0) is 14.3. The molecule has 0 saturated heterocycles. The molecule has 20 heavy (non-hydrogen) atoms. The molecule has 1 N–H and O–H groups in total. The summed E-state index contributed by atoms with van der Waals surface area (Å²) in [5.41, 5.74) is 1.07. The van der Waals surface area contributed by atoms with Gasteiger partial charge < -0.3 is 9.84 Å². The van der Waals surface area contributed by atoms with Gasteiger partial charge in [0.25, 0.3) is 0 Å². The van der Waals surface area contributed by atoms with Crippen LogP contribution in [0.3, 0.4) is 0 Å². The van der Waals surface area contributed by atoms with E-state index in [1.165, 1.54) is 31.2 Å². The summed E-state index contributed by atoms with van der Waals surface area (Å²) in [7, 11) is 1.77. The molecule has 1 aliphatic carbocycles. The molecule has 0 aromatic heterocycles. The molecule has 1 saturated carbocycles. The first-order valence-electron chi connectivity index (χ1n) is 8.04. The molecule has 0 spiro atoms.